The van der Waals surface area contributed by atoms with Gasteiger partial charge in [-0.25, -0.2) is 15.0 Å². The number of nitrogens with one attached hydrogen (secondary N) is 1. The topological polar surface area (TPSA) is 83.7 Å². The molecule has 6 nitrogen and oxygen atoms in total. The Bertz CT molecular complexity index is 1040. The summed E-state index contributed by atoms with van der Waals surface area (Å²) >= 11 is 1.45. The van der Waals surface area contributed by atoms with Crippen LogP contribution in [-0.2, 0) is 0 Å². The van der Waals surface area contributed by atoms with Gasteiger partial charge in [0.2, 0.25) is 0 Å². The SMILES string of the molecule is N#Cc1ccc(Oc2cccnc2Nc2nc3cccnc3s2)cc1. The highest BCUT2D eigenvalue weighted by molar-refractivity contribution is 7.21. The Morgan fingerprint density at radius 3 is 2.60 bits per heavy atom. The van der Waals surface area contributed by atoms with Crippen LogP contribution in [0.4, 0.5) is 10.9 Å². The first-order chi connectivity index (χ1) is 12.3. The Balaban J connectivity index is 1.60. The van der Waals surface area contributed by atoms with Crippen molar-refractivity contribution in [3.05, 3.63) is 66.5 Å². The molecule has 0 radical (unpaired) electrons. The molecule has 0 bridgehead atoms. The summed E-state index contributed by atoms with van der Waals surface area (Å²) in [4.78, 5) is 14.0. The second-order valence-corrected chi connectivity index (χ2v) is 6.04. The molecule has 0 saturated carbocycles. The average molecular weight is 345 g/mol. The van der Waals surface area contributed by atoms with Gasteiger partial charge < -0.3 is 10.1 Å². The molecule has 0 amide bonds. The third-order valence-corrected chi connectivity index (χ3v) is 4.27. The monoisotopic (exact) mass is 345 g/mol. The van der Waals surface area contributed by atoms with Crippen LogP contribution in [0, 0.1) is 11.3 Å². The molecule has 0 aliphatic carbocycles. The number of rotatable bonds is 4. The minimum Gasteiger partial charge on any atom is -0.453 e. The third kappa shape index (κ3) is 3.24. The van der Waals surface area contributed by atoms with Gasteiger partial charge in [0.25, 0.3) is 0 Å². The van der Waals surface area contributed by atoms with Crippen molar-refractivity contribution < 1.29 is 4.74 Å². The number of anilines is 2. The summed E-state index contributed by atoms with van der Waals surface area (Å²) in [5.74, 6) is 1.76. The second kappa shape index (κ2) is 6.55. The van der Waals surface area contributed by atoms with Gasteiger partial charge in [0.15, 0.2) is 16.7 Å². The number of nitrogens with zero attached hydrogens (tertiary/aromatic N) is 4. The predicted molar refractivity (Wildman–Crippen MR) is 96.2 cm³/mol. The lowest BCUT2D eigenvalue weighted by atomic mass is 10.2. The molecule has 1 N–H and O–H groups in total. The van der Waals surface area contributed by atoms with Gasteiger partial charge in [-0.15, -0.1) is 0 Å². The molecule has 0 aliphatic rings. The molecule has 0 fully saturated rings. The molecule has 4 rings (SSSR count). The van der Waals surface area contributed by atoms with E-state index < -0.39 is 0 Å². The molecule has 7 heteroatoms. The number of hydrogen-bond donors (Lipinski definition) is 1. The van der Waals surface area contributed by atoms with E-state index in [9.17, 15) is 0 Å². The van der Waals surface area contributed by atoms with E-state index in [0.717, 1.165) is 10.3 Å². The van der Waals surface area contributed by atoms with Crippen LogP contribution in [0.5, 0.6) is 11.5 Å². The Kier molecular flexibility index (Phi) is 3.94. The van der Waals surface area contributed by atoms with Gasteiger partial charge in [0.05, 0.1) is 11.6 Å². The maximum Gasteiger partial charge on any atom is 0.191 e. The number of aromatic nitrogens is 3. The van der Waals surface area contributed by atoms with Crippen LogP contribution in [0.15, 0.2) is 60.9 Å². The lowest BCUT2D eigenvalue weighted by Gasteiger charge is -2.10. The van der Waals surface area contributed by atoms with Crippen molar-refractivity contribution in [3.8, 4) is 17.6 Å². The third-order valence-electron chi connectivity index (χ3n) is 3.37. The molecule has 120 valence electrons. The fourth-order valence-electron chi connectivity index (χ4n) is 2.22. The van der Waals surface area contributed by atoms with Crippen molar-refractivity contribution in [2.45, 2.75) is 0 Å². The minimum atomic E-state index is 0.561. The van der Waals surface area contributed by atoms with Gasteiger partial charge in [-0.2, -0.15) is 5.26 Å². The van der Waals surface area contributed by atoms with E-state index in [4.69, 9.17) is 10.00 Å². The smallest absolute Gasteiger partial charge is 0.191 e. The number of benzene rings is 1. The van der Waals surface area contributed by atoms with Gasteiger partial charge in [0, 0.05) is 12.4 Å². The molecule has 0 unspecified atom stereocenters. The van der Waals surface area contributed by atoms with E-state index in [0.29, 0.717) is 28.0 Å². The number of fused-ring (bicyclic) bond motifs is 1. The predicted octanol–water partition coefficient (Wildman–Crippen LogP) is 4.49. The summed E-state index contributed by atoms with van der Waals surface area (Å²) in [6, 6.07) is 16.4. The maximum absolute atomic E-state index is 8.86. The molecule has 3 aromatic heterocycles. The Morgan fingerprint density at radius 1 is 1.00 bits per heavy atom. The lowest BCUT2D eigenvalue weighted by molar-refractivity contribution is 0.483. The zero-order valence-electron chi connectivity index (χ0n) is 12.9. The molecule has 0 spiro atoms. The minimum absolute atomic E-state index is 0.561. The Labute approximate surface area is 147 Å². The molecule has 0 atom stereocenters. The molecule has 0 saturated heterocycles. The summed E-state index contributed by atoms with van der Waals surface area (Å²) < 4.78 is 5.88. The fourth-order valence-corrected chi connectivity index (χ4v) is 3.02. The molecule has 0 aliphatic heterocycles. The maximum atomic E-state index is 8.86. The molecule has 4 aromatic rings. The van der Waals surface area contributed by atoms with Crippen molar-refractivity contribution >= 4 is 32.6 Å². The van der Waals surface area contributed by atoms with Gasteiger partial charge in [-0.1, -0.05) is 11.3 Å². The number of nitriles is 1. The molecular formula is C18H11N5OS. The first kappa shape index (κ1) is 15.1. The zero-order valence-corrected chi connectivity index (χ0v) is 13.7. The van der Waals surface area contributed by atoms with E-state index in [2.05, 4.69) is 26.3 Å². The van der Waals surface area contributed by atoms with Crippen LogP contribution < -0.4 is 10.1 Å². The van der Waals surface area contributed by atoms with Crippen molar-refractivity contribution in [3.63, 3.8) is 0 Å². The van der Waals surface area contributed by atoms with Crippen molar-refractivity contribution in [2.24, 2.45) is 0 Å². The number of thiazole rings is 1. The molecule has 1 aromatic carbocycles. The summed E-state index contributed by atoms with van der Waals surface area (Å²) in [5, 5.41) is 12.7. The quantitative estimate of drug-likeness (QED) is 0.586. The summed E-state index contributed by atoms with van der Waals surface area (Å²) in [6.07, 6.45) is 3.42. The molecule has 25 heavy (non-hydrogen) atoms. The van der Waals surface area contributed by atoms with Crippen LogP contribution in [0.2, 0.25) is 0 Å². The van der Waals surface area contributed by atoms with E-state index in [1.165, 1.54) is 11.3 Å². The summed E-state index contributed by atoms with van der Waals surface area (Å²) in [6.45, 7) is 0. The fraction of sp³-hybridized carbons (Fsp3) is 0. The van der Waals surface area contributed by atoms with Crippen LogP contribution in [0.3, 0.4) is 0 Å². The first-order valence-electron chi connectivity index (χ1n) is 7.43. The van der Waals surface area contributed by atoms with Gasteiger partial charge in [0.1, 0.15) is 16.1 Å². The van der Waals surface area contributed by atoms with Crippen molar-refractivity contribution in [1.29, 1.82) is 5.26 Å². The number of pyridine rings is 2. The van der Waals surface area contributed by atoms with Crippen LogP contribution >= 0.6 is 11.3 Å². The van der Waals surface area contributed by atoms with Gasteiger partial charge in [-0.3, -0.25) is 0 Å². The molecule has 3 heterocycles. The van der Waals surface area contributed by atoms with Crippen LogP contribution in [0.25, 0.3) is 10.3 Å². The molecular weight excluding hydrogens is 334 g/mol. The zero-order chi connectivity index (χ0) is 17.1. The number of ether oxygens (including phenoxy) is 1. The van der Waals surface area contributed by atoms with Crippen LogP contribution in [0.1, 0.15) is 5.56 Å². The van der Waals surface area contributed by atoms with Gasteiger partial charge >= 0.3 is 0 Å². The van der Waals surface area contributed by atoms with Crippen molar-refractivity contribution in [2.75, 3.05) is 5.32 Å². The largest absolute Gasteiger partial charge is 0.453 e. The van der Waals surface area contributed by atoms with E-state index in [1.807, 2.05) is 18.2 Å². The normalized spacial score (nSPS) is 10.4. The average Bonchev–Trinajstić information content (AvgIpc) is 3.06. The van der Waals surface area contributed by atoms with E-state index in [-0.39, 0.29) is 0 Å². The second-order valence-electron chi connectivity index (χ2n) is 5.06. The first-order valence-corrected chi connectivity index (χ1v) is 8.25. The van der Waals surface area contributed by atoms with E-state index >= 15 is 0 Å². The standard InChI is InChI=1S/C18H11N5OS/c19-11-12-5-7-13(8-6-12)24-15-4-2-9-20-16(15)23-18-22-14-3-1-10-21-17(14)25-18/h1-10H,(H,20,22,23). The summed E-state index contributed by atoms with van der Waals surface area (Å²) in [5.41, 5.74) is 1.42. The highest BCUT2D eigenvalue weighted by Crippen LogP contribution is 2.32. The number of hydrogen-bond acceptors (Lipinski definition) is 7. The Hall–Kier alpha value is -3.50. The Morgan fingerprint density at radius 2 is 1.80 bits per heavy atom. The summed E-state index contributed by atoms with van der Waals surface area (Å²) in [7, 11) is 0. The highest BCUT2D eigenvalue weighted by atomic mass is 32.1. The highest BCUT2D eigenvalue weighted by Gasteiger charge is 2.10. The van der Waals surface area contributed by atoms with Crippen molar-refractivity contribution in [1.82, 2.24) is 15.0 Å². The van der Waals surface area contributed by atoms with Gasteiger partial charge in [-0.05, 0) is 48.5 Å². The van der Waals surface area contributed by atoms with E-state index in [1.54, 1.807) is 42.7 Å². The van der Waals surface area contributed by atoms with Crippen LogP contribution in [-0.4, -0.2) is 15.0 Å². The lowest BCUT2D eigenvalue weighted by Crippen LogP contribution is -1.96.